The van der Waals surface area contributed by atoms with Gasteiger partial charge < -0.3 is 25.5 Å². The Morgan fingerprint density at radius 1 is 0.561 bits per heavy atom. The molecule has 5 N–H and O–H groups in total. The van der Waals surface area contributed by atoms with Gasteiger partial charge in [0, 0.05) is 18.6 Å². The van der Waals surface area contributed by atoms with Gasteiger partial charge in [0.2, 0.25) is 0 Å². The molecule has 0 spiro atoms. The first kappa shape index (κ1) is 36.5. The quantitative estimate of drug-likeness (QED) is 0.246. The Hall–Kier alpha value is -2.57. The van der Waals surface area contributed by atoms with Crippen molar-refractivity contribution in [2.45, 2.75) is 130 Å². The molecule has 0 fully saturated rings. The normalized spacial score (nSPS) is 13.0. The van der Waals surface area contributed by atoms with Crippen LogP contribution in [0.4, 0.5) is 0 Å². The summed E-state index contributed by atoms with van der Waals surface area (Å²) in [5.74, 6) is -0.358. The second-order valence-electron chi connectivity index (χ2n) is 15.5. The molecule has 0 radical (unpaired) electrons. The van der Waals surface area contributed by atoms with E-state index in [1.807, 2.05) is 31.2 Å². The van der Waals surface area contributed by atoms with Crippen molar-refractivity contribution in [1.29, 1.82) is 0 Å². The molecular weight excluding hydrogens is 516 g/mol. The highest BCUT2D eigenvalue weighted by molar-refractivity contribution is 5.71. The highest BCUT2D eigenvalue weighted by Crippen LogP contribution is 2.48. The maximum Gasteiger partial charge on any atom is 0.304 e. The Morgan fingerprint density at radius 2 is 0.805 bits per heavy atom. The fourth-order valence-corrected chi connectivity index (χ4v) is 4.94. The van der Waals surface area contributed by atoms with Crippen LogP contribution in [-0.4, -0.2) is 44.7 Å². The van der Waals surface area contributed by atoms with Crippen LogP contribution in [0.3, 0.4) is 0 Å². The Bertz CT molecular complexity index is 1040. The fourth-order valence-electron chi connectivity index (χ4n) is 4.94. The summed E-state index contributed by atoms with van der Waals surface area (Å²) in [5, 5.41) is 48.5. The van der Waals surface area contributed by atoms with Gasteiger partial charge in [0.05, 0.1) is 6.42 Å². The molecule has 0 aliphatic carbocycles. The van der Waals surface area contributed by atoms with Crippen LogP contribution in [0.25, 0.3) is 0 Å². The van der Waals surface area contributed by atoms with Crippen molar-refractivity contribution in [2.24, 2.45) is 0 Å². The number of carboxylic acids is 1. The van der Waals surface area contributed by atoms with E-state index in [0.29, 0.717) is 6.42 Å². The monoisotopic (exact) mass is 572 g/mol. The maximum absolute atomic E-state index is 12.3. The molecule has 0 unspecified atom stereocenters. The standard InChI is InChI=1S/C32H48O4.C3H8O2/c1-28(2,3)21-14-19(15-22(26(21)35)29(4,5)6)32(13,18-25(33)34)20-16-23(30(7,8)9)27(36)24(17-20)31(10,11)12;4-2-1-3-5/h14-17,35-36H,18H2,1-13H3,(H,33,34);4-5H,1-3H2. The summed E-state index contributed by atoms with van der Waals surface area (Å²) in [6, 6.07) is 7.92. The van der Waals surface area contributed by atoms with Crippen molar-refractivity contribution in [1.82, 2.24) is 0 Å². The lowest BCUT2D eigenvalue weighted by atomic mass is 9.67. The number of phenols is 2. The molecule has 6 nitrogen and oxygen atoms in total. The summed E-state index contributed by atoms with van der Waals surface area (Å²) in [5.41, 5.74) is 2.63. The molecule has 0 bridgehead atoms. The lowest BCUT2D eigenvalue weighted by Gasteiger charge is -2.37. The summed E-state index contributed by atoms with van der Waals surface area (Å²) < 4.78 is 0. The van der Waals surface area contributed by atoms with E-state index in [1.165, 1.54) is 0 Å². The van der Waals surface area contributed by atoms with Gasteiger partial charge in [-0.2, -0.15) is 0 Å². The topological polar surface area (TPSA) is 118 Å². The molecule has 2 rings (SSSR count). The zero-order chi connectivity index (χ0) is 32.4. The SMILES string of the molecule is CC(C)(C)c1cc(C(C)(CC(=O)O)c2cc(C(C)(C)C)c(O)c(C(C)(C)C)c2)cc(C(C)(C)C)c1O.OCCCO. The maximum atomic E-state index is 12.3. The number of carbonyl (C=O) groups is 1. The highest BCUT2D eigenvalue weighted by atomic mass is 16.4. The number of hydrogen-bond acceptors (Lipinski definition) is 5. The molecule has 2 aromatic carbocycles. The summed E-state index contributed by atoms with van der Waals surface area (Å²) in [6.07, 6.45) is 0.378. The van der Waals surface area contributed by atoms with Gasteiger partial charge in [0.25, 0.3) is 0 Å². The number of benzene rings is 2. The largest absolute Gasteiger partial charge is 0.507 e. The van der Waals surface area contributed by atoms with Gasteiger partial charge in [-0.3, -0.25) is 4.79 Å². The van der Waals surface area contributed by atoms with E-state index >= 15 is 0 Å². The smallest absolute Gasteiger partial charge is 0.304 e. The van der Waals surface area contributed by atoms with Gasteiger partial charge in [-0.05, 0) is 61.5 Å². The highest BCUT2D eigenvalue weighted by Gasteiger charge is 2.38. The Morgan fingerprint density at radius 3 is 0.951 bits per heavy atom. The van der Waals surface area contributed by atoms with E-state index in [0.717, 1.165) is 33.4 Å². The van der Waals surface area contributed by atoms with Crippen LogP contribution in [-0.2, 0) is 31.9 Å². The summed E-state index contributed by atoms with van der Waals surface area (Å²) in [6.45, 7) is 26.9. The minimum absolute atomic E-state index is 0.0938. The first-order valence-corrected chi connectivity index (χ1v) is 14.5. The summed E-state index contributed by atoms with van der Waals surface area (Å²) >= 11 is 0. The van der Waals surface area contributed by atoms with E-state index in [-0.39, 0.29) is 52.8 Å². The lowest BCUT2D eigenvalue weighted by Crippen LogP contribution is -2.31. The summed E-state index contributed by atoms with van der Waals surface area (Å²) in [4.78, 5) is 12.3. The van der Waals surface area contributed by atoms with Crippen LogP contribution >= 0.6 is 0 Å². The Balaban J connectivity index is 0.00000154. The third-order valence-electron chi connectivity index (χ3n) is 7.55. The van der Waals surface area contributed by atoms with Crippen molar-refractivity contribution in [3.63, 3.8) is 0 Å². The third-order valence-corrected chi connectivity index (χ3v) is 7.55. The zero-order valence-corrected chi connectivity index (χ0v) is 27.8. The molecule has 232 valence electrons. The number of aliphatic hydroxyl groups excluding tert-OH is 2. The van der Waals surface area contributed by atoms with Gasteiger partial charge in [0.1, 0.15) is 11.5 Å². The van der Waals surface area contributed by atoms with Crippen molar-refractivity contribution >= 4 is 5.97 Å². The fraction of sp³-hybridized carbons (Fsp3) is 0.629. The summed E-state index contributed by atoms with van der Waals surface area (Å²) in [7, 11) is 0. The Kier molecular flexibility index (Phi) is 11.3. The third kappa shape index (κ3) is 8.96. The number of hydrogen-bond donors (Lipinski definition) is 5. The predicted octanol–water partition coefficient (Wildman–Crippen LogP) is 7.43. The van der Waals surface area contributed by atoms with E-state index in [4.69, 9.17) is 10.2 Å². The van der Waals surface area contributed by atoms with Crippen LogP contribution in [0, 0.1) is 0 Å². The molecule has 0 saturated heterocycles. The van der Waals surface area contributed by atoms with E-state index in [1.54, 1.807) is 0 Å². The molecule has 0 aliphatic rings. The molecule has 2 aromatic rings. The zero-order valence-electron chi connectivity index (χ0n) is 27.8. The number of aliphatic hydroxyl groups is 2. The van der Waals surface area contributed by atoms with Crippen LogP contribution in [0.15, 0.2) is 24.3 Å². The number of aromatic hydroxyl groups is 2. The minimum Gasteiger partial charge on any atom is -0.507 e. The average Bonchev–Trinajstić information content (AvgIpc) is 2.76. The number of rotatable bonds is 6. The number of carboxylic acid groups (broad SMARTS) is 1. The van der Waals surface area contributed by atoms with Gasteiger partial charge in [0.15, 0.2) is 0 Å². The van der Waals surface area contributed by atoms with Crippen LogP contribution in [0.1, 0.15) is 136 Å². The first-order valence-electron chi connectivity index (χ1n) is 14.5. The lowest BCUT2D eigenvalue weighted by molar-refractivity contribution is -0.138. The van der Waals surface area contributed by atoms with Crippen LogP contribution in [0.5, 0.6) is 11.5 Å². The first-order chi connectivity index (χ1) is 18.3. The predicted molar refractivity (Wildman–Crippen MR) is 169 cm³/mol. The molecule has 41 heavy (non-hydrogen) atoms. The second kappa shape index (κ2) is 12.7. The van der Waals surface area contributed by atoms with Crippen molar-refractivity contribution in [3.05, 3.63) is 57.6 Å². The molecule has 0 heterocycles. The second-order valence-corrected chi connectivity index (χ2v) is 15.5. The molecule has 0 atom stereocenters. The van der Waals surface area contributed by atoms with Crippen molar-refractivity contribution in [2.75, 3.05) is 13.2 Å². The molecule has 0 saturated carbocycles. The number of aliphatic carboxylic acids is 1. The van der Waals surface area contributed by atoms with Crippen molar-refractivity contribution < 1.29 is 30.3 Å². The van der Waals surface area contributed by atoms with Gasteiger partial charge in [-0.25, -0.2) is 0 Å². The minimum atomic E-state index is -0.900. The van der Waals surface area contributed by atoms with Gasteiger partial charge >= 0.3 is 5.97 Å². The molecule has 6 heteroatoms. The van der Waals surface area contributed by atoms with E-state index in [9.17, 15) is 20.1 Å². The Labute approximate surface area is 248 Å². The van der Waals surface area contributed by atoms with Crippen LogP contribution < -0.4 is 0 Å². The number of phenolic OH excluding ortho intramolecular Hbond substituents is 2. The van der Waals surface area contributed by atoms with E-state index < -0.39 is 11.4 Å². The van der Waals surface area contributed by atoms with Crippen LogP contribution in [0.2, 0.25) is 0 Å². The molecule has 0 aromatic heterocycles. The van der Waals surface area contributed by atoms with Gasteiger partial charge in [-0.15, -0.1) is 0 Å². The van der Waals surface area contributed by atoms with E-state index in [2.05, 4.69) is 83.1 Å². The molecular formula is C35H56O6. The molecule has 0 aliphatic heterocycles. The molecule has 0 amide bonds. The van der Waals surface area contributed by atoms with Crippen molar-refractivity contribution in [3.8, 4) is 11.5 Å². The van der Waals surface area contributed by atoms with Gasteiger partial charge in [-0.1, -0.05) is 114 Å². The average molecular weight is 573 g/mol.